The van der Waals surface area contributed by atoms with Crippen molar-refractivity contribution in [2.24, 2.45) is 0 Å². The van der Waals surface area contributed by atoms with Crippen molar-refractivity contribution in [1.29, 1.82) is 0 Å². The lowest BCUT2D eigenvalue weighted by atomic mass is 9.86. The summed E-state index contributed by atoms with van der Waals surface area (Å²) in [4.78, 5) is 12.6. The van der Waals surface area contributed by atoms with Gasteiger partial charge in [-0.05, 0) is 57.0 Å². The van der Waals surface area contributed by atoms with Gasteiger partial charge in [-0.15, -0.1) is 0 Å². The molecule has 1 aromatic carbocycles. The molecular formula is C15H16ClNO2. The van der Waals surface area contributed by atoms with Gasteiger partial charge in [0.05, 0.1) is 5.54 Å². The first-order valence-corrected chi connectivity index (χ1v) is 6.95. The highest BCUT2D eigenvalue weighted by Crippen LogP contribution is 2.28. The monoisotopic (exact) mass is 277 g/mol. The van der Waals surface area contributed by atoms with E-state index in [-0.39, 0.29) is 5.78 Å². The molecule has 100 valence electrons. The summed E-state index contributed by atoms with van der Waals surface area (Å²) in [5.41, 5.74) is 0.197. The Labute approximate surface area is 116 Å². The lowest BCUT2D eigenvalue weighted by Crippen LogP contribution is -2.52. The van der Waals surface area contributed by atoms with Crippen LogP contribution in [-0.4, -0.2) is 17.9 Å². The lowest BCUT2D eigenvalue weighted by Gasteiger charge is -2.32. The summed E-state index contributed by atoms with van der Waals surface area (Å²) in [6.45, 7) is 2.84. The molecule has 0 spiro atoms. The summed E-state index contributed by atoms with van der Waals surface area (Å²) in [5, 5.41) is 4.83. The number of halogens is 1. The Kier molecular flexibility index (Phi) is 3.11. The van der Waals surface area contributed by atoms with Gasteiger partial charge < -0.3 is 9.73 Å². The Hall–Kier alpha value is -1.32. The van der Waals surface area contributed by atoms with Gasteiger partial charge >= 0.3 is 0 Å². The van der Waals surface area contributed by atoms with E-state index in [1.165, 1.54) is 0 Å². The van der Waals surface area contributed by atoms with Gasteiger partial charge in [-0.3, -0.25) is 4.79 Å². The maximum Gasteiger partial charge on any atom is 0.217 e. The number of nitrogens with one attached hydrogen (secondary N) is 1. The quantitative estimate of drug-likeness (QED) is 0.849. The number of ketones is 1. The molecule has 0 amide bonds. The summed E-state index contributed by atoms with van der Waals surface area (Å²) in [5.74, 6) is 0.439. The van der Waals surface area contributed by atoms with Crippen LogP contribution in [0.1, 0.15) is 36.7 Å². The van der Waals surface area contributed by atoms with Crippen molar-refractivity contribution in [2.45, 2.75) is 31.7 Å². The minimum Gasteiger partial charge on any atom is -0.453 e. The van der Waals surface area contributed by atoms with Crippen molar-refractivity contribution in [1.82, 2.24) is 5.32 Å². The number of fused-ring (bicyclic) bond motifs is 1. The second-order valence-corrected chi connectivity index (χ2v) is 5.77. The number of hydrogen-bond donors (Lipinski definition) is 1. The zero-order valence-electron chi connectivity index (χ0n) is 10.8. The predicted octanol–water partition coefficient (Wildman–Crippen LogP) is 3.80. The smallest absolute Gasteiger partial charge is 0.217 e. The Morgan fingerprint density at radius 1 is 1.37 bits per heavy atom. The first kappa shape index (κ1) is 12.7. The second-order valence-electron chi connectivity index (χ2n) is 5.34. The molecule has 0 saturated carbocycles. The fourth-order valence-corrected chi connectivity index (χ4v) is 2.83. The van der Waals surface area contributed by atoms with E-state index in [1.807, 2.05) is 13.0 Å². The molecule has 2 aromatic rings. The second kappa shape index (κ2) is 4.66. The summed E-state index contributed by atoms with van der Waals surface area (Å²) in [6.07, 6.45) is 3.05. The van der Waals surface area contributed by atoms with Crippen molar-refractivity contribution >= 4 is 28.4 Å². The molecule has 1 fully saturated rings. The molecule has 1 aliphatic rings. The third-order valence-corrected chi connectivity index (χ3v) is 4.06. The van der Waals surface area contributed by atoms with Crippen LogP contribution >= 0.6 is 11.6 Å². The van der Waals surface area contributed by atoms with E-state index in [0.29, 0.717) is 16.4 Å². The third-order valence-electron chi connectivity index (χ3n) is 3.82. The molecule has 19 heavy (non-hydrogen) atoms. The van der Waals surface area contributed by atoms with Crippen LogP contribution in [0.15, 0.2) is 28.7 Å². The highest BCUT2D eigenvalue weighted by molar-refractivity contribution is 6.31. The summed E-state index contributed by atoms with van der Waals surface area (Å²) >= 11 is 5.94. The average Bonchev–Trinajstić information content (AvgIpc) is 2.81. The van der Waals surface area contributed by atoms with Gasteiger partial charge in [-0.2, -0.15) is 0 Å². The van der Waals surface area contributed by atoms with E-state index >= 15 is 0 Å². The SMILES string of the molecule is CC1(C(=O)c2cc3cc(Cl)ccc3o2)CCCCN1. The van der Waals surface area contributed by atoms with Crippen molar-refractivity contribution < 1.29 is 9.21 Å². The van der Waals surface area contributed by atoms with E-state index in [4.69, 9.17) is 16.0 Å². The fraction of sp³-hybridized carbons (Fsp3) is 0.400. The zero-order chi connectivity index (χ0) is 13.5. The van der Waals surface area contributed by atoms with E-state index in [2.05, 4.69) is 5.32 Å². The van der Waals surface area contributed by atoms with Gasteiger partial charge in [-0.25, -0.2) is 0 Å². The third kappa shape index (κ3) is 2.28. The van der Waals surface area contributed by atoms with Gasteiger partial charge in [0, 0.05) is 10.4 Å². The molecule has 1 aliphatic heterocycles. The van der Waals surface area contributed by atoms with Crippen LogP contribution in [0.5, 0.6) is 0 Å². The highest BCUT2D eigenvalue weighted by Gasteiger charge is 2.36. The molecule has 4 heteroatoms. The number of carbonyl (C=O) groups is 1. The lowest BCUT2D eigenvalue weighted by molar-refractivity contribution is 0.0807. The highest BCUT2D eigenvalue weighted by atomic mass is 35.5. The maximum absolute atomic E-state index is 12.6. The van der Waals surface area contributed by atoms with Gasteiger partial charge in [-0.1, -0.05) is 11.6 Å². The first-order valence-electron chi connectivity index (χ1n) is 6.57. The van der Waals surface area contributed by atoms with Crippen molar-refractivity contribution in [3.63, 3.8) is 0 Å². The maximum atomic E-state index is 12.6. The minimum absolute atomic E-state index is 0.0273. The average molecular weight is 278 g/mol. The number of benzene rings is 1. The van der Waals surface area contributed by atoms with E-state index < -0.39 is 5.54 Å². The molecular weight excluding hydrogens is 262 g/mol. The van der Waals surface area contributed by atoms with Crippen LogP contribution in [0, 0.1) is 0 Å². The van der Waals surface area contributed by atoms with Gasteiger partial charge in [0.2, 0.25) is 5.78 Å². The van der Waals surface area contributed by atoms with Crippen molar-refractivity contribution in [3.8, 4) is 0 Å². The normalized spacial score (nSPS) is 23.7. The molecule has 0 radical (unpaired) electrons. The van der Waals surface area contributed by atoms with Crippen LogP contribution in [0.4, 0.5) is 0 Å². The molecule has 1 N–H and O–H groups in total. The van der Waals surface area contributed by atoms with Gasteiger partial charge in [0.1, 0.15) is 5.58 Å². The van der Waals surface area contributed by atoms with Crippen LogP contribution in [-0.2, 0) is 0 Å². The number of carbonyl (C=O) groups excluding carboxylic acids is 1. The molecule has 3 nitrogen and oxygen atoms in total. The first-order chi connectivity index (χ1) is 9.08. The summed E-state index contributed by atoms with van der Waals surface area (Å²) in [7, 11) is 0. The number of rotatable bonds is 2. The van der Waals surface area contributed by atoms with E-state index in [0.717, 1.165) is 31.2 Å². The molecule has 0 aliphatic carbocycles. The topological polar surface area (TPSA) is 42.2 Å². The molecule has 2 heterocycles. The summed E-state index contributed by atoms with van der Waals surface area (Å²) in [6, 6.07) is 7.16. The molecule has 1 aromatic heterocycles. The van der Waals surface area contributed by atoms with Crippen molar-refractivity contribution in [2.75, 3.05) is 6.54 Å². The minimum atomic E-state index is -0.504. The van der Waals surface area contributed by atoms with Gasteiger partial charge in [0.15, 0.2) is 5.76 Å². The number of hydrogen-bond acceptors (Lipinski definition) is 3. The standard InChI is InChI=1S/C15H16ClNO2/c1-15(6-2-3-7-17-15)14(18)13-9-10-8-11(16)4-5-12(10)19-13/h4-5,8-9,17H,2-3,6-7H2,1H3. The Balaban J connectivity index is 1.97. The van der Waals surface area contributed by atoms with Crippen LogP contribution in [0.3, 0.4) is 0 Å². The molecule has 1 unspecified atom stereocenters. The zero-order valence-corrected chi connectivity index (χ0v) is 11.6. The number of Topliss-reactive ketones (excluding diaryl/α,β-unsaturated/α-hetero) is 1. The van der Waals surface area contributed by atoms with Gasteiger partial charge in [0.25, 0.3) is 0 Å². The Morgan fingerprint density at radius 3 is 2.95 bits per heavy atom. The molecule has 1 saturated heterocycles. The Morgan fingerprint density at radius 2 is 2.21 bits per heavy atom. The fourth-order valence-electron chi connectivity index (χ4n) is 2.65. The van der Waals surface area contributed by atoms with Crippen LogP contribution in [0.25, 0.3) is 11.0 Å². The number of piperidine rings is 1. The van der Waals surface area contributed by atoms with Crippen LogP contribution in [0.2, 0.25) is 5.02 Å². The van der Waals surface area contributed by atoms with Crippen molar-refractivity contribution in [3.05, 3.63) is 35.0 Å². The summed E-state index contributed by atoms with van der Waals surface area (Å²) < 4.78 is 5.66. The molecule has 1 atom stereocenters. The largest absolute Gasteiger partial charge is 0.453 e. The molecule has 0 bridgehead atoms. The number of furan rings is 1. The molecule has 3 rings (SSSR count). The Bertz CT molecular complexity index is 626. The van der Waals surface area contributed by atoms with E-state index in [9.17, 15) is 4.79 Å². The predicted molar refractivity (Wildman–Crippen MR) is 75.8 cm³/mol. The van der Waals surface area contributed by atoms with Crippen LogP contribution < -0.4 is 5.32 Å². The van der Waals surface area contributed by atoms with E-state index in [1.54, 1.807) is 18.2 Å².